The van der Waals surface area contributed by atoms with E-state index in [1.807, 2.05) is 66.7 Å². The molecule has 0 bridgehead atoms. The number of fused-ring (bicyclic) bond motifs is 1. The van der Waals surface area contributed by atoms with Crippen LogP contribution < -0.4 is 15.5 Å². The van der Waals surface area contributed by atoms with Crippen molar-refractivity contribution in [1.82, 2.24) is 9.97 Å². The van der Waals surface area contributed by atoms with Crippen molar-refractivity contribution in [2.75, 3.05) is 17.1 Å². The van der Waals surface area contributed by atoms with Gasteiger partial charge in [0.05, 0.1) is 23.0 Å². The summed E-state index contributed by atoms with van der Waals surface area (Å²) in [5, 5.41) is 3.26. The molecule has 0 atom stereocenters. The molecule has 0 unspecified atom stereocenters. The van der Waals surface area contributed by atoms with Gasteiger partial charge in [0.1, 0.15) is 0 Å². The number of anilines is 3. The van der Waals surface area contributed by atoms with Gasteiger partial charge in [0.2, 0.25) is 0 Å². The molecular weight excluding hydrogens is 554 g/mol. The molecule has 5 aromatic rings. The maximum atomic E-state index is 13.1. The van der Waals surface area contributed by atoms with Crippen LogP contribution in [-0.4, -0.2) is 25.5 Å². The number of halogens is 1. The molecule has 4 aromatic carbocycles. The fourth-order valence-corrected chi connectivity index (χ4v) is 5.04. The molecule has 0 amide bonds. The average molecular weight is 577 g/mol. The van der Waals surface area contributed by atoms with Gasteiger partial charge in [-0.1, -0.05) is 40.2 Å². The largest absolute Gasteiger partial charge is 0.337 e. The predicted molar refractivity (Wildman–Crippen MR) is 148 cm³/mol. The minimum Gasteiger partial charge on any atom is -0.337 e. The van der Waals surface area contributed by atoms with Crippen molar-refractivity contribution in [3.8, 4) is 11.1 Å². The highest BCUT2D eigenvalue weighted by Crippen LogP contribution is 2.30. The van der Waals surface area contributed by atoms with Crippen molar-refractivity contribution in [3.05, 3.63) is 102 Å². The van der Waals surface area contributed by atoms with Crippen LogP contribution >= 0.6 is 15.9 Å². The number of hydrogen-bond donors (Lipinski definition) is 3. The number of hydrogen-bond acceptors (Lipinski definition) is 6. The Bertz CT molecular complexity index is 1660. The fourth-order valence-electron chi connectivity index (χ4n) is 3.76. The van der Waals surface area contributed by atoms with Crippen LogP contribution in [0.4, 0.5) is 23.0 Å². The van der Waals surface area contributed by atoms with Gasteiger partial charge in [0, 0.05) is 22.3 Å². The number of rotatable bonds is 8. The maximum absolute atomic E-state index is 13.1. The summed E-state index contributed by atoms with van der Waals surface area (Å²) in [7, 11) is -2.28. The van der Waals surface area contributed by atoms with Gasteiger partial charge in [-0.3, -0.25) is 4.72 Å². The minimum absolute atomic E-state index is 0.103. The van der Waals surface area contributed by atoms with E-state index in [0.29, 0.717) is 16.9 Å². The lowest BCUT2D eigenvalue weighted by Crippen LogP contribution is -2.75. The zero-order valence-electron chi connectivity index (χ0n) is 19.7. The normalized spacial score (nSPS) is 11.4. The number of quaternary nitrogens is 1. The van der Waals surface area contributed by atoms with Crippen molar-refractivity contribution >= 4 is 60.0 Å². The third-order valence-corrected chi connectivity index (χ3v) is 7.43. The monoisotopic (exact) mass is 576 g/mol. The summed E-state index contributed by atoms with van der Waals surface area (Å²) in [6.45, 7) is 0. The molecule has 4 N–H and O–H groups in total. The number of para-hydroxylation sites is 2. The molecule has 0 fully saturated rings. The van der Waals surface area contributed by atoms with Crippen LogP contribution in [0.1, 0.15) is 0 Å². The lowest BCUT2D eigenvalue weighted by Gasteiger charge is -2.14. The van der Waals surface area contributed by atoms with E-state index in [4.69, 9.17) is 4.84 Å². The first-order valence-electron chi connectivity index (χ1n) is 11.3. The van der Waals surface area contributed by atoms with E-state index in [0.717, 1.165) is 27.0 Å². The number of nitrogens with two attached hydrogens (primary N) is 1. The van der Waals surface area contributed by atoms with Gasteiger partial charge in [-0.05, 0) is 71.8 Å². The third-order valence-electron chi connectivity index (χ3n) is 5.55. The lowest BCUT2D eigenvalue weighted by atomic mass is 10.0. The Balaban J connectivity index is 1.50. The third kappa shape index (κ3) is 5.78. The van der Waals surface area contributed by atoms with Crippen LogP contribution in [0.2, 0.25) is 0 Å². The average Bonchev–Trinajstić information content (AvgIpc) is 2.90. The van der Waals surface area contributed by atoms with Crippen molar-refractivity contribution in [1.29, 1.82) is 0 Å². The molecule has 0 saturated heterocycles. The van der Waals surface area contributed by atoms with Gasteiger partial charge in [-0.2, -0.15) is 5.48 Å². The standard InChI is InChI=1S/C27H22BrN5O3S/c1-36-32-21-13-9-18(10-14-21)19-5-4-6-22(17-19)29-26-27(31-25-8-3-2-7-24(25)30-26)33-37(34,35)23-15-11-20(28)12-16-23/h2-17,32H,1H3,(H,29,30)(H,31,33)/p+1. The van der Waals surface area contributed by atoms with Crippen LogP contribution in [0.3, 0.4) is 0 Å². The second-order valence-corrected chi connectivity index (χ2v) is 10.7. The first kappa shape index (κ1) is 24.8. The van der Waals surface area contributed by atoms with Crippen LogP contribution in [-0.2, 0) is 14.9 Å². The van der Waals surface area contributed by atoms with E-state index >= 15 is 0 Å². The van der Waals surface area contributed by atoms with Gasteiger partial charge in [-0.15, -0.1) is 0 Å². The predicted octanol–water partition coefficient (Wildman–Crippen LogP) is 5.36. The highest BCUT2D eigenvalue weighted by Gasteiger charge is 2.19. The Morgan fingerprint density at radius 3 is 2.14 bits per heavy atom. The first-order valence-corrected chi connectivity index (χ1v) is 13.6. The number of nitrogens with zero attached hydrogens (tertiary/aromatic N) is 2. The molecule has 0 radical (unpaired) electrons. The Morgan fingerprint density at radius 1 is 0.784 bits per heavy atom. The van der Waals surface area contributed by atoms with Crippen molar-refractivity contribution in [2.45, 2.75) is 4.90 Å². The van der Waals surface area contributed by atoms with Crippen molar-refractivity contribution in [3.63, 3.8) is 0 Å². The smallest absolute Gasteiger partial charge is 0.263 e. The zero-order valence-corrected chi connectivity index (χ0v) is 22.1. The van der Waals surface area contributed by atoms with E-state index in [-0.39, 0.29) is 10.7 Å². The fraction of sp³-hybridized carbons (Fsp3) is 0.0370. The molecule has 8 nitrogen and oxygen atoms in total. The summed E-state index contributed by atoms with van der Waals surface area (Å²) in [6, 6.07) is 29.4. The summed E-state index contributed by atoms with van der Waals surface area (Å²) in [5.41, 5.74) is 6.60. The molecule has 0 aliphatic carbocycles. The van der Waals surface area contributed by atoms with E-state index < -0.39 is 10.0 Å². The van der Waals surface area contributed by atoms with E-state index in [2.05, 4.69) is 35.9 Å². The highest BCUT2D eigenvalue weighted by atomic mass is 79.9. The molecule has 1 aromatic heterocycles. The summed E-state index contributed by atoms with van der Waals surface area (Å²) in [4.78, 5) is 14.4. The molecule has 0 aliphatic heterocycles. The van der Waals surface area contributed by atoms with Crippen molar-refractivity contribution < 1.29 is 18.7 Å². The molecule has 1 heterocycles. The Labute approximate surface area is 222 Å². The van der Waals surface area contributed by atoms with Crippen LogP contribution in [0, 0.1) is 0 Å². The summed E-state index contributed by atoms with van der Waals surface area (Å²) in [6.07, 6.45) is 0. The number of benzene rings is 4. The molecule has 0 spiro atoms. The second-order valence-electron chi connectivity index (χ2n) is 8.15. The van der Waals surface area contributed by atoms with E-state index in [1.165, 1.54) is 12.1 Å². The van der Waals surface area contributed by atoms with Gasteiger partial charge >= 0.3 is 0 Å². The number of sulfonamides is 1. The highest BCUT2D eigenvalue weighted by molar-refractivity contribution is 9.10. The Kier molecular flexibility index (Phi) is 7.15. The number of nitrogens with one attached hydrogen (secondary N) is 2. The molecule has 0 saturated carbocycles. The van der Waals surface area contributed by atoms with Gasteiger partial charge < -0.3 is 5.32 Å². The van der Waals surface area contributed by atoms with Crippen LogP contribution in [0.5, 0.6) is 0 Å². The zero-order chi connectivity index (χ0) is 25.8. The van der Waals surface area contributed by atoms with Gasteiger partial charge in [0.25, 0.3) is 10.0 Å². The first-order chi connectivity index (χ1) is 17.9. The molecule has 10 heteroatoms. The van der Waals surface area contributed by atoms with Crippen LogP contribution in [0.25, 0.3) is 22.2 Å². The maximum Gasteiger partial charge on any atom is 0.263 e. The molecule has 5 rings (SSSR count). The Hall–Kier alpha value is -3.83. The van der Waals surface area contributed by atoms with Crippen molar-refractivity contribution in [2.24, 2.45) is 0 Å². The van der Waals surface area contributed by atoms with Gasteiger partial charge in [0.15, 0.2) is 17.3 Å². The minimum atomic E-state index is -3.90. The van der Waals surface area contributed by atoms with Crippen LogP contribution in [0.15, 0.2) is 106 Å². The molecule has 37 heavy (non-hydrogen) atoms. The molecule has 186 valence electrons. The molecular formula is C27H23BrN5O3S+. The topological polar surface area (TPSA) is 110 Å². The summed E-state index contributed by atoms with van der Waals surface area (Å²) in [5.74, 6) is 0.396. The van der Waals surface area contributed by atoms with E-state index in [9.17, 15) is 8.42 Å². The lowest BCUT2D eigenvalue weighted by molar-refractivity contribution is -0.830. The number of aromatic nitrogens is 2. The SMILES string of the molecule is CO[NH2+]c1ccc(-c2cccc(Nc3nc4ccccc4nc3NS(=O)(=O)c3ccc(Br)cc3)c2)cc1. The second kappa shape index (κ2) is 10.7. The quantitative estimate of drug-likeness (QED) is 0.169. The Morgan fingerprint density at radius 2 is 1.46 bits per heavy atom. The summed E-state index contributed by atoms with van der Waals surface area (Å²) < 4.78 is 29.7. The van der Waals surface area contributed by atoms with E-state index in [1.54, 1.807) is 30.8 Å². The summed E-state index contributed by atoms with van der Waals surface area (Å²) >= 11 is 3.33. The van der Waals surface area contributed by atoms with Gasteiger partial charge in [-0.25, -0.2) is 23.2 Å². The molecule has 0 aliphatic rings.